The Morgan fingerprint density at radius 1 is 1.28 bits per heavy atom. The molecule has 1 aliphatic carbocycles. The minimum absolute atomic E-state index is 0.0523. The van der Waals surface area contributed by atoms with E-state index < -0.39 is 0 Å². The normalized spacial score (nSPS) is 25.3. The number of carbonyl (C=O) groups excluding carboxylic acids is 1. The van der Waals surface area contributed by atoms with E-state index in [2.05, 4.69) is 20.8 Å². The molecule has 18 heavy (non-hydrogen) atoms. The molecule has 2 aliphatic rings. The summed E-state index contributed by atoms with van der Waals surface area (Å²) < 4.78 is 0. The molecule has 0 spiro atoms. The molecule has 1 aliphatic heterocycles. The fourth-order valence-corrected chi connectivity index (χ4v) is 3.76. The van der Waals surface area contributed by atoms with Gasteiger partial charge in [0, 0.05) is 18.5 Å². The molecular weight excluding hydrogens is 224 g/mol. The van der Waals surface area contributed by atoms with E-state index in [9.17, 15) is 4.79 Å². The highest BCUT2D eigenvalue weighted by atomic mass is 16.2. The van der Waals surface area contributed by atoms with Crippen molar-refractivity contribution in [3.8, 4) is 0 Å². The minimum Gasteiger partial charge on any atom is -0.338 e. The third kappa shape index (κ3) is 2.42. The molecule has 2 rings (SSSR count). The van der Waals surface area contributed by atoms with Gasteiger partial charge in [0.15, 0.2) is 0 Å². The van der Waals surface area contributed by atoms with E-state index in [0.29, 0.717) is 11.8 Å². The van der Waals surface area contributed by atoms with E-state index in [0.717, 1.165) is 38.8 Å². The quantitative estimate of drug-likeness (QED) is 0.835. The van der Waals surface area contributed by atoms with E-state index >= 15 is 0 Å². The van der Waals surface area contributed by atoms with Gasteiger partial charge in [-0.15, -0.1) is 0 Å². The summed E-state index contributed by atoms with van der Waals surface area (Å²) >= 11 is 0. The molecule has 0 aromatic carbocycles. The van der Waals surface area contributed by atoms with Crippen molar-refractivity contribution in [1.82, 2.24) is 4.90 Å². The third-order valence-corrected chi connectivity index (χ3v) is 4.82. The number of nitrogens with zero attached hydrogens (tertiary/aromatic N) is 1. The Bertz CT molecular complexity index is 312. The molecule has 3 heteroatoms. The first kappa shape index (κ1) is 13.9. The highest BCUT2D eigenvalue weighted by molar-refractivity contribution is 5.84. The fourth-order valence-electron chi connectivity index (χ4n) is 3.76. The molecular formula is C15H28N2O. The Kier molecular flexibility index (Phi) is 3.72. The maximum atomic E-state index is 12.8. The van der Waals surface area contributed by atoms with Gasteiger partial charge in [-0.1, -0.05) is 33.6 Å². The van der Waals surface area contributed by atoms with Crippen molar-refractivity contribution in [2.45, 2.75) is 64.8 Å². The number of likely N-dealkylation sites (tertiary alicyclic amines) is 1. The summed E-state index contributed by atoms with van der Waals surface area (Å²) in [5.74, 6) is 0.991. The number of hydrogen-bond acceptors (Lipinski definition) is 2. The lowest BCUT2D eigenvalue weighted by atomic mass is 9.75. The molecule has 1 amide bonds. The van der Waals surface area contributed by atoms with Crippen molar-refractivity contribution in [3.05, 3.63) is 0 Å². The van der Waals surface area contributed by atoms with Crippen molar-refractivity contribution >= 4 is 5.91 Å². The van der Waals surface area contributed by atoms with Crippen molar-refractivity contribution in [2.24, 2.45) is 17.1 Å². The second-order valence-corrected chi connectivity index (χ2v) is 6.96. The van der Waals surface area contributed by atoms with Gasteiger partial charge in [-0.05, 0) is 31.6 Å². The first-order chi connectivity index (χ1) is 8.41. The Balaban J connectivity index is 2.02. The van der Waals surface area contributed by atoms with Crippen LogP contribution < -0.4 is 5.73 Å². The lowest BCUT2D eigenvalue weighted by Crippen LogP contribution is -2.69. The summed E-state index contributed by atoms with van der Waals surface area (Å²) in [4.78, 5) is 14.8. The summed E-state index contributed by atoms with van der Waals surface area (Å²) in [5.41, 5.74) is 6.02. The Morgan fingerprint density at radius 3 is 2.28 bits per heavy atom. The van der Waals surface area contributed by atoms with Crippen LogP contribution in [0.5, 0.6) is 0 Å². The van der Waals surface area contributed by atoms with Crippen LogP contribution in [-0.2, 0) is 4.79 Å². The molecule has 1 heterocycles. The van der Waals surface area contributed by atoms with E-state index in [-0.39, 0.29) is 11.0 Å². The monoisotopic (exact) mass is 252 g/mol. The molecule has 2 fully saturated rings. The summed E-state index contributed by atoms with van der Waals surface area (Å²) in [6, 6.07) is 0. The Hall–Kier alpha value is -0.570. The van der Waals surface area contributed by atoms with Gasteiger partial charge in [0.1, 0.15) is 0 Å². The molecule has 1 saturated carbocycles. The van der Waals surface area contributed by atoms with Crippen molar-refractivity contribution < 1.29 is 4.79 Å². The predicted octanol–water partition coefficient (Wildman–Crippen LogP) is 2.54. The van der Waals surface area contributed by atoms with Crippen LogP contribution in [0.25, 0.3) is 0 Å². The van der Waals surface area contributed by atoms with Gasteiger partial charge < -0.3 is 10.6 Å². The van der Waals surface area contributed by atoms with Gasteiger partial charge in [-0.25, -0.2) is 0 Å². The molecule has 1 saturated heterocycles. The average molecular weight is 252 g/mol. The van der Waals surface area contributed by atoms with E-state index in [1.807, 2.05) is 4.90 Å². The zero-order chi connectivity index (χ0) is 13.4. The smallest absolute Gasteiger partial charge is 0.228 e. The highest BCUT2D eigenvalue weighted by Crippen LogP contribution is 2.45. The van der Waals surface area contributed by atoms with E-state index in [1.165, 1.54) is 12.8 Å². The molecule has 104 valence electrons. The SMILES string of the molecule is CCC1(N)CN(C(=O)C2(CC(C)C)CCCC2)C1. The lowest BCUT2D eigenvalue weighted by molar-refractivity contribution is -0.151. The van der Waals surface area contributed by atoms with Crippen LogP contribution in [-0.4, -0.2) is 29.4 Å². The maximum absolute atomic E-state index is 12.8. The standard InChI is InChI=1S/C15H28N2O/c1-4-15(16)10-17(11-15)13(18)14(9-12(2)3)7-5-6-8-14/h12H,4-11,16H2,1-3H3. The van der Waals surface area contributed by atoms with Gasteiger partial charge in [-0.3, -0.25) is 4.79 Å². The zero-order valence-electron chi connectivity index (χ0n) is 12.2. The first-order valence-corrected chi connectivity index (χ1v) is 7.49. The molecule has 0 radical (unpaired) electrons. The minimum atomic E-state index is -0.104. The topological polar surface area (TPSA) is 46.3 Å². The van der Waals surface area contributed by atoms with E-state index in [4.69, 9.17) is 5.73 Å². The second kappa shape index (κ2) is 4.84. The molecule has 0 aromatic heterocycles. The molecule has 0 atom stereocenters. The number of nitrogens with two attached hydrogens (primary N) is 1. The summed E-state index contributed by atoms with van der Waals surface area (Å²) in [5, 5.41) is 0. The van der Waals surface area contributed by atoms with Crippen LogP contribution in [0.2, 0.25) is 0 Å². The Morgan fingerprint density at radius 2 is 1.83 bits per heavy atom. The van der Waals surface area contributed by atoms with Crippen molar-refractivity contribution in [3.63, 3.8) is 0 Å². The molecule has 2 N–H and O–H groups in total. The number of hydrogen-bond donors (Lipinski definition) is 1. The first-order valence-electron chi connectivity index (χ1n) is 7.49. The van der Waals surface area contributed by atoms with Crippen molar-refractivity contribution in [1.29, 1.82) is 0 Å². The van der Waals surface area contributed by atoms with Gasteiger partial charge in [0.2, 0.25) is 5.91 Å². The molecule has 0 bridgehead atoms. The van der Waals surface area contributed by atoms with Crippen LogP contribution in [0.1, 0.15) is 59.3 Å². The summed E-state index contributed by atoms with van der Waals surface area (Å²) in [6.07, 6.45) is 6.62. The third-order valence-electron chi connectivity index (χ3n) is 4.82. The van der Waals surface area contributed by atoms with Gasteiger partial charge >= 0.3 is 0 Å². The number of amides is 1. The predicted molar refractivity (Wildman–Crippen MR) is 74.1 cm³/mol. The van der Waals surface area contributed by atoms with E-state index in [1.54, 1.807) is 0 Å². The average Bonchev–Trinajstić information content (AvgIpc) is 2.72. The van der Waals surface area contributed by atoms with Gasteiger partial charge in [0.05, 0.1) is 5.54 Å². The van der Waals surface area contributed by atoms with Crippen molar-refractivity contribution in [2.75, 3.05) is 13.1 Å². The lowest BCUT2D eigenvalue weighted by Gasteiger charge is -2.50. The van der Waals surface area contributed by atoms with Crippen LogP contribution in [0.3, 0.4) is 0 Å². The van der Waals surface area contributed by atoms with Crippen LogP contribution >= 0.6 is 0 Å². The second-order valence-electron chi connectivity index (χ2n) is 6.96. The highest BCUT2D eigenvalue weighted by Gasteiger charge is 2.49. The number of carbonyl (C=O) groups is 1. The van der Waals surface area contributed by atoms with Crippen LogP contribution in [0.15, 0.2) is 0 Å². The zero-order valence-corrected chi connectivity index (χ0v) is 12.2. The molecule has 3 nitrogen and oxygen atoms in total. The summed E-state index contributed by atoms with van der Waals surface area (Å²) in [6.45, 7) is 8.09. The van der Waals surface area contributed by atoms with Gasteiger partial charge in [0.25, 0.3) is 0 Å². The Labute approximate surface area is 111 Å². The maximum Gasteiger partial charge on any atom is 0.228 e. The molecule has 0 aromatic rings. The fraction of sp³-hybridized carbons (Fsp3) is 0.933. The van der Waals surface area contributed by atoms with Crippen LogP contribution in [0.4, 0.5) is 0 Å². The largest absolute Gasteiger partial charge is 0.338 e. The molecule has 0 unspecified atom stereocenters. The van der Waals surface area contributed by atoms with Crippen LogP contribution in [0, 0.1) is 11.3 Å². The van der Waals surface area contributed by atoms with Gasteiger partial charge in [-0.2, -0.15) is 0 Å². The number of rotatable bonds is 4. The summed E-state index contributed by atoms with van der Waals surface area (Å²) in [7, 11) is 0.